The Morgan fingerprint density at radius 1 is 1.19 bits per heavy atom. The summed E-state index contributed by atoms with van der Waals surface area (Å²) < 4.78 is 25.9. The number of ether oxygens (including phenoxy) is 1. The highest BCUT2D eigenvalue weighted by Gasteiger charge is 2.37. The van der Waals surface area contributed by atoms with E-state index in [4.69, 9.17) is 9.15 Å². The molecule has 2 heterocycles. The molecule has 4 rings (SSSR count). The molecule has 1 amide bonds. The standard InChI is InChI=1S/C22H26FNO3/c1-15-20(16-6-2-5-9-19(16)27-15)21(25)24-14-22(10-12-26-13-11-22)17-7-3-4-8-18(17)23/h3-4,7-8H,2,5-6,9-14H2,1H3,(H,24,25). The van der Waals surface area contributed by atoms with E-state index in [1.54, 1.807) is 6.07 Å². The summed E-state index contributed by atoms with van der Waals surface area (Å²) in [5.41, 5.74) is 1.97. The first-order valence-corrected chi connectivity index (χ1v) is 9.83. The van der Waals surface area contributed by atoms with Crippen LogP contribution in [0.3, 0.4) is 0 Å². The van der Waals surface area contributed by atoms with Crippen molar-refractivity contribution >= 4 is 5.91 Å². The van der Waals surface area contributed by atoms with Crippen molar-refractivity contribution in [3.05, 3.63) is 58.3 Å². The lowest BCUT2D eigenvalue weighted by Crippen LogP contribution is -2.45. The molecule has 1 aliphatic heterocycles. The van der Waals surface area contributed by atoms with Crippen molar-refractivity contribution in [2.75, 3.05) is 19.8 Å². The molecule has 0 bridgehead atoms. The highest BCUT2D eigenvalue weighted by Crippen LogP contribution is 2.36. The molecule has 1 aromatic carbocycles. The van der Waals surface area contributed by atoms with Gasteiger partial charge in [0, 0.05) is 37.2 Å². The van der Waals surface area contributed by atoms with Gasteiger partial charge in [-0.1, -0.05) is 18.2 Å². The zero-order valence-electron chi connectivity index (χ0n) is 15.8. The minimum absolute atomic E-state index is 0.110. The van der Waals surface area contributed by atoms with Crippen molar-refractivity contribution in [1.29, 1.82) is 0 Å². The quantitative estimate of drug-likeness (QED) is 0.881. The highest BCUT2D eigenvalue weighted by molar-refractivity contribution is 5.97. The molecule has 1 N–H and O–H groups in total. The van der Waals surface area contributed by atoms with Gasteiger partial charge in [-0.15, -0.1) is 0 Å². The van der Waals surface area contributed by atoms with Crippen molar-refractivity contribution in [3.8, 4) is 0 Å². The first-order valence-electron chi connectivity index (χ1n) is 9.83. The smallest absolute Gasteiger partial charge is 0.255 e. The summed E-state index contributed by atoms with van der Waals surface area (Å²) in [4.78, 5) is 13.0. The number of amides is 1. The molecule has 5 heteroatoms. The lowest BCUT2D eigenvalue weighted by Gasteiger charge is -2.38. The number of carbonyl (C=O) groups is 1. The van der Waals surface area contributed by atoms with E-state index in [1.807, 2.05) is 19.1 Å². The fraction of sp³-hybridized carbons (Fsp3) is 0.500. The molecule has 0 radical (unpaired) electrons. The molecule has 1 aromatic heterocycles. The monoisotopic (exact) mass is 371 g/mol. The summed E-state index contributed by atoms with van der Waals surface area (Å²) in [6.07, 6.45) is 5.37. The van der Waals surface area contributed by atoms with Crippen molar-refractivity contribution in [1.82, 2.24) is 5.32 Å². The Kier molecular flexibility index (Phi) is 5.04. The average Bonchev–Trinajstić information content (AvgIpc) is 3.03. The van der Waals surface area contributed by atoms with Crippen LogP contribution in [0.15, 0.2) is 28.7 Å². The van der Waals surface area contributed by atoms with Crippen LogP contribution in [0.5, 0.6) is 0 Å². The Morgan fingerprint density at radius 2 is 1.93 bits per heavy atom. The van der Waals surface area contributed by atoms with Crippen molar-refractivity contribution in [3.63, 3.8) is 0 Å². The highest BCUT2D eigenvalue weighted by atomic mass is 19.1. The molecule has 27 heavy (non-hydrogen) atoms. The summed E-state index contributed by atoms with van der Waals surface area (Å²) in [7, 11) is 0. The van der Waals surface area contributed by atoms with Gasteiger partial charge >= 0.3 is 0 Å². The number of nitrogens with one attached hydrogen (secondary N) is 1. The largest absolute Gasteiger partial charge is 0.465 e. The fourth-order valence-electron chi connectivity index (χ4n) is 4.53. The number of benzene rings is 1. The fourth-order valence-corrected chi connectivity index (χ4v) is 4.53. The number of halogens is 1. The number of hydrogen-bond donors (Lipinski definition) is 1. The van der Waals surface area contributed by atoms with Gasteiger partial charge in [-0.2, -0.15) is 0 Å². The third kappa shape index (κ3) is 3.41. The third-order valence-electron chi connectivity index (χ3n) is 6.06. The Balaban J connectivity index is 1.58. The molecule has 1 aliphatic carbocycles. The van der Waals surface area contributed by atoms with Crippen molar-refractivity contribution < 1.29 is 18.3 Å². The Labute approximate surface area is 159 Å². The first-order chi connectivity index (χ1) is 13.1. The molecular formula is C22H26FNO3. The second kappa shape index (κ2) is 7.47. The summed E-state index contributed by atoms with van der Waals surface area (Å²) in [6.45, 7) is 3.40. The van der Waals surface area contributed by atoms with Gasteiger partial charge in [0.25, 0.3) is 5.91 Å². The molecular weight excluding hydrogens is 345 g/mol. The summed E-state index contributed by atoms with van der Waals surface area (Å²) in [5, 5.41) is 3.09. The van der Waals surface area contributed by atoms with Gasteiger partial charge in [-0.05, 0) is 50.7 Å². The van der Waals surface area contributed by atoms with Gasteiger partial charge in [0.05, 0.1) is 5.56 Å². The Morgan fingerprint density at radius 3 is 2.70 bits per heavy atom. The number of fused-ring (bicyclic) bond motifs is 1. The van der Waals surface area contributed by atoms with Crippen LogP contribution in [0.4, 0.5) is 4.39 Å². The minimum atomic E-state index is -0.434. The number of aryl methyl sites for hydroxylation is 2. The van der Waals surface area contributed by atoms with Gasteiger partial charge in [0.2, 0.25) is 0 Å². The van der Waals surface area contributed by atoms with Gasteiger partial charge < -0.3 is 14.5 Å². The van der Waals surface area contributed by atoms with Gasteiger partial charge in [-0.3, -0.25) is 4.79 Å². The second-order valence-electron chi connectivity index (χ2n) is 7.70. The number of carbonyl (C=O) groups excluding carboxylic acids is 1. The van der Waals surface area contributed by atoms with E-state index in [-0.39, 0.29) is 11.7 Å². The van der Waals surface area contributed by atoms with Crippen LogP contribution in [0.1, 0.15) is 58.7 Å². The zero-order valence-corrected chi connectivity index (χ0v) is 15.8. The van der Waals surface area contributed by atoms with E-state index in [0.717, 1.165) is 37.0 Å². The summed E-state index contributed by atoms with van der Waals surface area (Å²) in [5.74, 6) is 1.32. The van der Waals surface area contributed by atoms with E-state index in [9.17, 15) is 9.18 Å². The van der Waals surface area contributed by atoms with E-state index in [1.165, 1.54) is 6.07 Å². The van der Waals surface area contributed by atoms with Crippen LogP contribution in [0.2, 0.25) is 0 Å². The van der Waals surface area contributed by atoms with Gasteiger partial charge in [0.1, 0.15) is 17.3 Å². The number of rotatable bonds is 4. The lowest BCUT2D eigenvalue weighted by atomic mass is 9.73. The van der Waals surface area contributed by atoms with Crippen LogP contribution in [-0.4, -0.2) is 25.7 Å². The molecule has 0 unspecified atom stereocenters. The molecule has 1 fully saturated rings. The number of hydrogen-bond acceptors (Lipinski definition) is 3. The maximum atomic E-state index is 14.5. The zero-order chi connectivity index (χ0) is 18.9. The topological polar surface area (TPSA) is 51.5 Å². The minimum Gasteiger partial charge on any atom is -0.465 e. The molecule has 1 saturated heterocycles. The van der Waals surface area contributed by atoms with Gasteiger partial charge in [-0.25, -0.2) is 4.39 Å². The van der Waals surface area contributed by atoms with Crippen molar-refractivity contribution in [2.24, 2.45) is 0 Å². The number of furan rings is 1. The van der Waals surface area contributed by atoms with Crippen LogP contribution in [0.25, 0.3) is 0 Å². The van der Waals surface area contributed by atoms with Crippen LogP contribution < -0.4 is 5.32 Å². The molecule has 2 aromatic rings. The summed E-state index contributed by atoms with van der Waals surface area (Å²) >= 11 is 0. The first kappa shape index (κ1) is 18.2. The van der Waals surface area contributed by atoms with Crippen LogP contribution in [0, 0.1) is 12.7 Å². The predicted molar refractivity (Wildman–Crippen MR) is 101 cm³/mol. The molecule has 0 spiro atoms. The molecule has 4 nitrogen and oxygen atoms in total. The molecule has 0 atom stereocenters. The van der Waals surface area contributed by atoms with E-state index >= 15 is 0 Å². The van der Waals surface area contributed by atoms with E-state index in [2.05, 4.69) is 5.32 Å². The van der Waals surface area contributed by atoms with E-state index < -0.39 is 5.41 Å². The third-order valence-corrected chi connectivity index (χ3v) is 6.06. The molecule has 144 valence electrons. The second-order valence-corrected chi connectivity index (χ2v) is 7.70. The maximum Gasteiger partial charge on any atom is 0.255 e. The SMILES string of the molecule is Cc1oc2c(c1C(=O)NCC1(c3ccccc3F)CCOCC1)CCCC2. The Bertz CT molecular complexity index is 836. The average molecular weight is 371 g/mol. The lowest BCUT2D eigenvalue weighted by molar-refractivity contribution is 0.0475. The van der Waals surface area contributed by atoms with Crippen molar-refractivity contribution in [2.45, 2.75) is 50.9 Å². The predicted octanol–water partition coefficient (Wildman–Crippen LogP) is 4.08. The Hall–Kier alpha value is -2.14. The molecule has 2 aliphatic rings. The molecule has 0 saturated carbocycles. The maximum absolute atomic E-state index is 14.5. The summed E-state index contributed by atoms with van der Waals surface area (Å²) in [6, 6.07) is 6.88. The van der Waals surface area contributed by atoms with Gasteiger partial charge in [0.15, 0.2) is 0 Å². The van der Waals surface area contributed by atoms with E-state index in [0.29, 0.717) is 49.5 Å². The van der Waals surface area contributed by atoms with Crippen LogP contribution >= 0.6 is 0 Å². The van der Waals surface area contributed by atoms with Crippen LogP contribution in [-0.2, 0) is 23.0 Å². The normalized spacial score (nSPS) is 18.7.